The summed E-state index contributed by atoms with van der Waals surface area (Å²) in [5.74, 6) is -1.15. The molecule has 2 fully saturated rings. The van der Waals surface area contributed by atoms with Crippen molar-refractivity contribution in [2.24, 2.45) is 5.41 Å². The molecule has 0 radical (unpaired) electrons. The fourth-order valence-corrected chi connectivity index (χ4v) is 5.22. The number of rotatable bonds is 4. The van der Waals surface area contributed by atoms with E-state index in [9.17, 15) is 26.7 Å². The summed E-state index contributed by atoms with van der Waals surface area (Å²) >= 11 is 0. The monoisotopic (exact) mass is 491 g/mol. The molecule has 0 N–H and O–H groups in total. The standard InChI is InChI=1S/C25H22F5N3O2/c1-14-7-15(26)3-5-18(14)20-9-22(25(28,29)30)33(31-20)17-10-24(11-17)12-32(13-24)23(34)19-6-4-16(27)8-21(19)35-2/h3-9,17H,10-13H2,1-2H3. The van der Waals surface area contributed by atoms with Crippen LogP contribution in [0.15, 0.2) is 42.5 Å². The molecule has 1 aliphatic carbocycles. The maximum Gasteiger partial charge on any atom is 0.433 e. The van der Waals surface area contributed by atoms with Gasteiger partial charge in [0.05, 0.1) is 24.4 Å². The number of aromatic nitrogens is 2. The molecule has 5 nitrogen and oxygen atoms in total. The maximum atomic E-state index is 13.8. The highest BCUT2D eigenvalue weighted by molar-refractivity contribution is 5.97. The Morgan fingerprint density at radius 3 is 2.34 bits per heavy atom. The molecular formula is C25H22F5N3O2. The normalized spacial score (nSPS) is 17.3. The van der Waals surface area contributed by atoms with Gasteiger partial charge in [-0.25, -0.2) is 8.78 Å². The van der Waals surface area contributed by atoms with Crippen LogP contribution >= 0.6 is 0 Å². The summed E-state index contributed by atoms with van der Waals surface area (Å²) in [5.41, 5.74) is 0.208. The number of alkyl halides is 3. The highest BCUT2D eigenvalue weighted by Gasteiger charge is 2.56. The molecule has 35 heavy (non-hydrogen) atoms. The molecule has 0 atom stereocenters. The number of benzene rings is 2. The van der Waals surface area contributed by atoms with Gasteiger partial charge in [-0.3, -0.25) is 9.48 Å². The van der Waals surface area contributed by atoms with E-state index < -0.39 is 29.5 Å². The Morgan fingerprint density at radius 1 is 1.06 bits per heavy atom. The van der Waals surface area contributed by atoms with E-state index >= 15 is 0 Å². The smallest absolute Gasteiger partial charge is 0.433 e. The third-order valence-electron chi connectivity index (χ3n) is 6.91. The number of carbonyl (C=O) groups excluding carboxylic acids is 1. The van der Waals surface area contributed by atoms with Crippen LogP contribution in [0.1, 0.15) is 40.5 Å². The summed E-state index contributed by atoms with van der Waals surface area (Å²) in [7, 11) is 1.35. The molecule has 1 saturated carbocycles. The third kappa shape index (κ3) is 4.04. The third-order valence-corrected chi connectivity index (χ3v) is 6.91. The summed E-state index contributed by atoms with van der Waals surface area (Å²) < 4.78 is 74.4. The molecule has 1 spiro atoms. The van der Waals surface area contributed by atoms with Gasteiger partial charge in [0.2, 0.25) is 0 Å². The van der Waals surface area contributed by atoms with Gasteiger partial charge in [-0.2, -0.15) is 18.3 Å². The molecular weight excluding hydrogens is 469 g/mol. The molecule has 2 heterocycles. The quantitative estimate of drug-likeness (QED) is 0.444. The van der Waals surface area contributed by atoms with Gasteiger partial charge in [0.15, 0.2) is 0 Å². The van der Waals surface area contributed by atoms with Crippen molar-refractivity contribution in [1.82, 2.24) is 14.7 Å². The number of ether oxygens (including phenoxy) is 1. The van der Waals surface area contributed by atoms with E-state index in [1.54, 1.807) is 11.8 Å². The zero-order chi connectivity index (χ0) is 25.1. The zero-order valence-electron chi connectivity index (χ0n) is 19.0. The summed E-state index contributed by atoms with van der Waals surface area (Å²) in [4.78, 5) is 14.4. The van der Waals surface area contributed by atoms with Crippen molar-refractivity contribution in [3.8, 4) is 17.0 Å². The molecule has 1 amide bonds. The van der Waals surface area contributed by atoms with Crippen LogP contribution in [0.25, 0.3) is 11.3 Å². The number of aryl methyl sites for hydroxylation is 1. The van der Waals surface area contributed by atoms with Crippen molar-refractivity contribution in [2.45, 2.75) is 32.0 Å². The van der Waals surface area contributed by atoms with Crippen LogP contribution in [-0.4, -0.2) is 40.8 Å². The number of methoxy groups -OCH3 is 1. The molecule has 5 rings (SSSR count). The van der Waals surface area contributed by atoms with Crippen LogP contribution < -0.4 is 4.74 Å². The van der Waals surface area contributed by atoms with Crippen LogP contribution in [0.4, 0.5) is 22.0 Å². The Hall–Kier alpha value is -3.43. The second-order valence-electron chi connectivity index (χ2n) is 9.38. The lowest BCUT2D eigenvalue weighted by Crippen LogP contribution is -2.64. The first kappa shape index (κ1) is 23.3. The number of hydrogen-bond acceptors (Lipinski definition) is 3. The van der Waals surface area contributed by atoms with Gasteiger partial charge in [-0.05, 0) is 61.7 Å². The fraction of sp³-hybridized carbons (Fsp3) is 0.360. The van der Waals surface area contributed by atoms with E-state index in [0.717, 1.165) is 16.8 Å². The van der Waals surface area contributed by atoms with E-state index in [0.29, 0.717) is 37.1 Å². The van der Waals surface area contributed by atoms with Crippen molar-refractivity contribution in [2.75, 3.05) is 20.2 Å². The lowest BCUT2D eigenvalue weighted by Gasteiger charge is -2.59. The minimum Gasteiger partial charge on any atom is -0.496 e. The Kier molecular flexibility index (Phi) is 5.37. The average molecular weight is 491 g/mol. The van der Waals surface area contributed by atoms with Crippen LogP contribution in [0.3, 0.4) is 0 Å². The van der Waals surface area contributed by atoms with Crippen molar-refractivity contribution in [1.29, 1.82) is 0 Å². The Labute approximate surface area is 198 Å². The summed E-state index contributed by atoms with van der Waals surface area (Å²) in [6.45, 7) is 2.42. The number of likely N-dealkylation sites (tertiary alicyclic amines) is 1. The molecule has 3 aromatic rings. The maximum absolute atomic E-state index is 13.8. The van der Waals surface area contributed by atoms with Gasteiger partial charge in [0.1, 0.15) is 23.1 Å². The second-order valence-corrected chi connectivity index (χ2v) is 9.38. The summed E-state index contributed by atoms with van der Waals surface area (Å²) in [6.07, 6.45) is -3.70. The van der Waals surface area contributed by atoms with Gasteiger partial charge in [-0.1, -0.05) is 0 Å². The Morgan fingerprint density at radius 2 is 1.71 bits per heavy atom. The molecule has 1 aromatic heterocycles. The molecule has 1 saturated heterocycles. The van der Waals surface area contributed by atoms with Gasteiger partial charge in [-0.15, -0.1) is 0 Å². The fourth-order valence-electron chi connectivity index (χ4n) is 5.22. The van der Waals surface area contributed by atoms with Crippen LogP contribution in [0, 0.1) is 24.0 Å². The molecule has 0 unspecified atom stereocenters. The molecule has 2 aliphatic rings. The second kappa shape index (κ2) is 8.07. The summed E-state index contributed by atoms with van der Waals surface area (Å²) in [5, 5.41) is 4.26. The van der Waals surface area contributed by atoms with E-state index in [-0.39, 0.29) is 28.3 Å². The van der Waals surface area contributed by atoms with Gasteiger partial charge >= 0.3 is 6.18 Å². The first-order chi connectivity index (χ1) is 16.5. The van der Waals surface area contributed by atoms with Crippen LogP contribution in [-0.2, 0) is 6.18 Å². The van der Waals surface area contributed by atoms with E-state index in [2.05, 4.69) is 5.10 Å². The van der Waals surface area contributed by atoms with Crippen molar-refractivity contribution < 1.29 is 31.5 Å². The minimum absolute atomic E-state index is 0.136. The lowest BCUT2D eigenvalue weighted by molar-refractivity contribution is -0.149. The largest absolute Gasteiger partial charge is 0.496 e. The summed E-state index contributed by atoms with van der Waals surface area (Å²) in [6, 6.07) is 8.11. The number of amides is 1. The first-order valence-corrected chi connectivity index (χ1v) is 11.1. The predicted molar refractivity (Wildman–Crippen MR) is 117 cm³/mol. The highest BCUT2D eigenvalue weighted by atomic mass is 19.4. The van der Waals surface area contributed by atoms with Crippen LogP contribution in [0.2, 0.25) is 0 Å². The molecule has 1 aliphatic heterocycles. The number of nitrogens with zero attached hydrogens (tertiary/aromatic N) is 3. The molecule has 2 aromatic carbocycles. The topological polar surface area (TPSA) is 47.4 Å². The number of halogens is 5. The minimum atomic E-state index is -4.59. The van der Waals surface area contributed by atoms with Crippen molar-refractivity contribution in [3.63, 3.8) is 0 Å². The number of hydrogen-bond donors (Lipinski definition) is 0. The highest BCUT2D eigenvalue weighted by Crippen LogP contribution is 2.55. The van der Waals surface area contributed by atoms with Gasteiger partial charge in [0.25, 0.3) is 5.91 Å². The lowest BCUT2D eigenvalue weighted by atomic mass is 9.60. The van der Waals surface area contributed by atoms with Crippen LogP contribution in [0.5, 0.6) is 5.75 Å². The SMILES string of the molecule is COc1cc(F)ccc1C(=O)N1CC2(CC(n3nc(-c4ccc(F)cc4C)cc3C(F)(F)F)C2)C1. The molecule has 184 valence electrons. The van der Waals surface area contributed by atoms with Gasteiger partial charge < -0.3 is 9.64 Å². The first-order valence-electron chi connectivity index (χ1n) is 11.1. The zero-order valence-corrected chi connectivity index (χ0v) is 19.0. The van der Waals surface area contributed by atoms with E-state index in [1.807, 2.05) is 0 Å². The molecule has 10 heteroatoms. The van der Waals surface area contributed by atoms with Crippen molar-refractivity contribution in [3.05, 3.63) is 70.9 Å². The average Bonchev–Trinajstić information content (AvgIpc) is 3.16. The van der Waals surface area contributed by atoms with E-state index in [1.165, 1.54) is 37.4 Å². The Balaban J connectivity index is 1.32. The van der Waals surface area contributed by atoms with Crippen molar-refractivity contribution >= 4 is 5.91 Å². The number of carbonyl (C=O) groups is 1. The Bertz CT molecular complexity index is 1300. The van der Waals surface area contributed by atoms with E-state index in [4.69, 9.17) is 4.74 Å². The molecule has 0 bridgehead atoms. The van der Waals surface area contributed by atoms with Gasteiger partial charge in [0, 0.05) is 30.1 Å². The predicted octanol–water partition coefficient (Wildman–Crippen LogP) is 5.64.